The zero-order valence-electron chi connectivity index (χ0n) is 43.8. The lowest BCUT2D eigenvalue weighted by Gasteiger charge is -2.30. The van der Waals surface area contributed by atoms with E-state index in [0.29, 0.717) is 0 Å². The Balaban J connectivity index is 0.897. The molecule has 10 aromatic rings. The molecule has 4 heteroatoms. The molecule has 0 atom stereocenters. The smallest absolute Gasteiger partial charge is 0.0542 e. The Hall–Kier alpha value is -9.82. The molecule has 374 valence electrons. The Morgan fingerprint density at radius 3 is 1.72 bits per heavy atom. The molecule has 0 N–H and O–H groups in total. The number of nitrogens with zero attached hydrogens (tertiary/aromatic N) is 4. The van der Waals surface area contributed by atoms with Crippen molar-refractivity contribution in [2.24, 2.45) is 0 Å². The number of hydrogen-bond acceptors (Lipinski definition) is 2. The lowest BCUT2D eigenvalue weighted by Crippen LogP contribution is -2.18. The number of aromatic nitrogens is 2. The second-order valence-corrected chi connectivity index (χ2v) is 20.3. The topological polar surface area (TPSA) is 16.3 Å². The van der Waals surface area contributed by atoms with E-state index in [2.05, 4.69) is 299 Å². The van der Waals surface area contributed by atoms with E-state index in [1.165, 1.54) is 72.4 Å². The predicted molar refractivity (Wildman–Crippen MR) is 331 cm³/mol. The van der Waals surface area contributed by atoms with Crippen LogP contribution in [0.5, 0.6) is 0 Å². The Labute approximate surface area is 458 Å². The molecule has 0 fully saturated rings. The van der Waals surface area contributed by atoms with Gasteiger partial charge in [0, 0.05) is 78.7 Å². The van der Waals surface area contributed by atoms with E-state index in [4.69, 9.17) is 6.42 Å². The minimum atomic E-state index is 0.787. The molecule has 3 aliphatic rings. The highest BCUT2D eigenvalue weighted by molar-refractivity contribution is 5.99. The second-order valence-electron chi connectivity index (χ2n) is 20.3. The largest absolute Gasteiger partial charge is 0.314 e. The van der Waals surface area contributed by atoms with Crippen molar-refractivity contribution >= 4 is 62.8 Å². The molecule has 0 bridgehead atoms. The van der Waals surface area contributed by atoms with Crippen molar-refractivity contribution in [3.05, 3.63) is 294 Å². The molecule has 0 radical (unpaired) electrons. The summed E-state index contributed by atoms with van der Waals surface area (Å²) in [5, 5.41) is 2.46. The molecule has 0 amide bonds. The SMILES string of the molecule is C#C/C(=C\C=C(/C)N(c1cccc(-c2ccccc2)c1)c1ccc2c(c1)c1c(n2-c2ccccc2)CCC=C1)C1=CC=C(N(c2cccc(-c3ccccc3)c2)c2ccc3c(c2)c2c(n3-c3ccccc3)C=CCC=C2)CC1. The number of rotatable bonds is 12. The van der Waals surface area contributed by atoms with Gasteiger partial charge in [-0.2, -0.15) is 0 Å². The number of fused-ring (bicyclic) bond motifs is 6. The molecule has 2 heterocycles. The van der Waals surface area contributed by atoms with Gasteiger partial charge < -0.3 is 18.9 Å². The summed E-state index contributed by atoms with van der Waals surface area (Å²) in [5.41, 5.74) is 23.1. The molecule has 2 aromatic heterocycles. The van der Waals surface area contributed by atoms with E-state index >= 15 is 0 Å². The van der Waals surface area contributed by atoms with Crippen LogP contribution >= 0.6 is 0 Å². The van der Waals surface area contributed by atoms with Crippen molar-refractivity contribution in [1.82, 2.24) is 9.13 Å². The van der Waals surface area contributed by atoms with E-state index < -0.39 is 0 Å². The molecule has 78 heavy (non-hydrogen) atoms. The number of hydrogen-bond donors (Lipinski definition) is 0. The summed E-state index contributed by atoms with van der Waals surface area (Å²) < 4.78 is 4.85. The molecule has 4 nitrogen and oxygen atoms in total. The van der Waals surface area contributed by atoms with Gasteiger partial charge in [0.15, 0.2) is 0 Å². The maximum absolute atomic E-state index is 6.51. The highest BCUT2D eigenvalue weighted by Crippen LogP contribution is 2.43. The molecule has 0 saturated heterocycles. The first-order valence-corrected chi connectivity index (χ1v) is 27.2. The number of benzene rings is 8. The summed E-state index contributed by atoms with van der Waals surface area (Å²) in [7, 11) is 0. The zero-order chi connectivity index (χ0) is 52.4. The van der Waals surface area contributed by atoms with Crippen molar-refractivity contribution < 1.29 is 0 Å². The first kappa shape index (κ1) is 47.9. The van der Waals surface area contributed by atoms with Gasteiger partial charge in [-0.1, -0.05) is 164 Å². The zero-order valence-corrected chi connectivity index (χ0v) is 43.8. The Kier molecular flexibility index (Phi) is 12.9. The van der Waals surface area contributed by atoms with Gasteiger partial charge in [-0.3, -0.25) is 0 Å². The summed E-state index contributed by atoms with van der Waals surface area (Å²) >= 11 is 0. The standard InChI is InChI=1S/C74H58N4/c1-3-54(40-39-53(2)75(63-33-21-27-58(49-63)55-23-9-4-10-24-55)65-45-47-73-69(51-65)68-36-19-20-38-72(68)78(73)61-31-15-7-16-32-61)57-41-43-62(44-42-57)76(64-34-22-28-59(50-64)56-25-11-5-12-26-56)66-46-48-74-70(52-66)67-35-17-8-18-37-71(67)77(74)60-29-13-6-14-30-60/h1,4-7,9-19,21-37,39-41,43,45-52H,8,20,38,42,44H2,2H3/b53-39+,54-40+. The van der Waals surface area contributed by atoms with Crippen molar-refractivity contribution in [3.63, 3.8) is 0 Å². The lowest BCUT2D eigenvalue weighted by atomic mass is 9.94. The van der Waals surface area contributed by atoms with E-state index in [-0.39, 0.29) is 0 Å². The van der Waals surface area contributed by atoms with Crippen LogP contribution in [0.25, 0.3) is 73.7 Å². The molecule has 0 aliphatic heterocycles. The van der Waals surface area contributed by atoms with Crippen LogP contribution in [-0.2, 0) is 6.42 Å². The van der Waals surface area contributed by atoms with Crippen LogP contribution < -0.4 is 9.80 Å². The van der Waals surface area contributed by atoms with Gasteiger partial charge in [0.1, 0.15) is 0 Å². The first-order valence-electron chi connectivity index (χ1n) is 27.2. The maximum atomic E-state index is 6.51. The lowest BCUT2D eigenvalue weighted by molar-refractivity contribution is 0.886. The van der Waals surface area contributed by atoms with E-state index in [9.17, 15) is 0 Å². The van der Waals surface area contributed by atoms with Gasteiger partial charge in [-0.15, -0.1) is 6.42 Å². The minimum Gasteiger partial charge on any atom is -0.314 e. The molecule has 13 rings (SSSR count). The third kappa shape index (κ3) is 9.06. The van der Waals surface area contributed by atoms with Crippen molar-refractivity contribution in [1.29, 1.82) is 0 Å². The molecule has 0 unspecified atom stereocenters. The highest BCUT2D eigenvalue weighted by Gasteiger charge is 2.24. The monoisotopic (exact) mass is 1000 g/mol. The van der Waals surface area contributed by atoms with Crippen LogP contribution in [0.2, 0.25) is 0 Å². The summed E-state index contributed by atoms with van der Waals surface area (Å²) in [6, 6.07) is 74.5. The maximum Gasteiger partial charge on any atom is 0.0542 e. The molecule has 8 aromatic carbocycles. The molecule has 0 saturated carbocycles. The average molecular weight is 1000 g/mol. The van der Waals surface area contributed by atoms with Crippen molar-refractivity contribution in [3.8, 4) is 46.0 Å². The minimum absolute atomic E-state index is 0.787. The van der Waals surface area contributed by atoms with Gasteiger partial charge in [0.05, 0.1) is 16.7 Å². The summed E-state index contributed by atoms with van der Waals surface area (Å²) in [6.07, 6.45) is 33.6. The van der Waals surface area contributed by atoms with Crippen molar-refractivity contribution in [2.75, 3.05) is 9.80 Å². The highest BCUT2D eigenvalue weighted by atomic mass is 15.2. The fraction of sp³-hybridized carbons (Fsp3) is 0.0811. The summed E-state index contributed by atoms with van der Waals surface area (Å²) in [4.78, 5) is 4.82. The van der Waals surface area contributed by atoms with Crippen LogP contribution in [0, 0.1) is 12.3 Å². The van der Waals surface area contributed by atoms with Crippen LogP contribution in [0.3, 0.4) is 0 Å². The van der Waals surface area contributed by atoms with Crippen molar-refractivity contribution in [2.45, 2.75) is 39.0 Å². The fourth-order valence-corrected chi connectivity index (χ4v) is 11.8. The average Bonchev–Trinajstić information content (AvgIpc) is 3.98. The second kappa shape index (κ2) is 21.1. The van der Waals surface area contributed by atoms with Gasteiger partial charge in [0.25, 0.3) is 0 Å². The van der Waals surface area contributed by atoms with E-state index in [0.717, 1.165) is 82.9 Å². The van der Waals surface area contributed by atoms with Gasteiger partial charge in [-0.05, 0) is 176 Å². The molecule has 0 spiro atoms. The normalized spacial score (nSPS) is 14.1. The third-order valence-electron chi connectivity index (χ3n) is 15.5. The Morgan fingerprint density at radius 2 is 1.04 bits per heavy atom. The summed E-state index contributed by atoms with van der Waals surface area (Å²) in [6.45, 7) is 2.19. The first-order chi connectivity index (χ1) is 38.6. The Morgan fingerprint density at radius 1 is 0.487 bits per heavy atom. The van der Waals surface area contributed by atoms with Crippen LogP contribution in [-0.4, -0.2) is 9.13 Å². The number of allylic oxidation sites excluding steroid dienone is 11. The Bertz CT molecular complexity index is 4170. The predicted octanol–water partition coefficient (Wildman–Crippen LogP) is 19.3. The van der Waals surface area contributed by atoms with Crippen LogP contribution in [0.4, 0.5) is 22.7 Å². The van der Waals surface area contributed by atoms with E-state index in [1.807, 2.05) is 0 Å². The van der Waals surface area contributed by atoms with E-state index in [1.54, 1.807) is 0 Å². The number of terminal acetylenes is 1. The fourth-order valence-electron chi connectivity index (χ4n) is 11.8. The molecule has 3 aliphatic carbocycles. The third-order valence-corrected chi connectivity index (χ3v) is 15.5. The van der Waals surface area contributed by atoms with Gasteiger partial charge >= 0.3 is 0 Å². The number of anilines is 4. The van der Waals surface area contributed by atoms with Crippen LogP contribution in [0.1, 0.15) is 55.1 Å². The van der Waals surface area contributed by atoms with Crippen LogP contribution in [0.15, 0.2) is 271 Å². The molecular weight excluding hydrogens is 945 g/mol. The van der Waals surface area contributed by atoms with Gasteiger partial charge in [-0.25, -0.2) is 0 Å². The number of para-hydroxylation sites is 2. The summed E-state index contributed by atoms with van der Waals surface area (Å²) in [5.74, 6) is 3.12. The van der Waals surface area contributed by atoms with Gasteiger partial charge in [0.2, 0.25) is 0 Å². The molecular formula is C74H58N4. The quantitative estimate of drug-likeness (QED) is 0.0896.